The number of aromatic nitrogens is 1. The summed E-state index contributed by atoms with van der Waals surface area (Å²) in [5.41, 5.74) is -1.39. The molecular formula is C23H17F7N2O6S. The molecule has 8 nitrogen and oxygen atoms in total. The number of hydrogen-bond acceptors (Lipinski definition) is 6. The number of nitrogens with one attached hydrogen (secondary N) is 1. The number of ether oxygens (including phenoxy) is 2. The van der Waals surface area contributed by atoms with E-state index < -0.39 is 45.6 Å². The summed E-state index contributed by atoms with van der Waals surface area (Å²) in [6, 6.07) is 13.4. The molecule has 39 heavy (non-hydrogen) atoms. The molecule has 1 aliphatic rings. The Morgan fingerprint density at radius 3 is 2.23 bits per heavy atom. The van der Waals surface area contributed by atoms with Crippen molar-refractivity contribution < 1.29 is 58.5 Å². The average molecular weight is 582 g/mol. The van der Waals surface area contributed by atoms with Crippen molar-refractivity contribution in [2.45, 2.75) is 29.4 Å². The zero-order chi connectivity index (χ0) is 29.1. The summed E-state index contributed by atoms with van der Waals surface area (Å²) in [5, 5.41) is 7.12. The molecule has 2 aromatic carbocycles. The second-order valence-electron chi connectivity index (χ2n) is 7.77. The van der Waals surface area contributed by atoms with Crippen LogP contribution in [0, 0.1) is 5.82 Å². The second kappa shape index (κ2) is 11.1. The molecule has 0 amide bonds. The van der Waals surface area contributed by atoms with Crippen molar-refractivity contribution in [2.24, 2.45) is 0 Å². The Balaban J connectivity index is 0.000000532. The molecule has 0 saturated carbocycles. The molecule has 0 bridgehead atoms. The van der Waals surface area contributed by atoms with Crippen molar-refractivity contribution in [3.63, 3.8) is 0 Å². The zero-order valence-corrected chi connectivity index (χ0v) is 20.1. The highest BCUT2D eigenvalue weighted by molar-refractivity contribution is 7.89. The Hall–Kier alpha value is -3.92. The van der Waals surface area contributed by atoms with Gasteiger partial charge in [0.25, 0.3) is 0 Å². The molecule has 1 aromatic heterocycles. The molecule has 0 saturated heterocycles. The van der Waals surface area contributed by atoms with Crippen LogP contribution >= 0.6 is 0 Å². The van der Waals surface area contributed by atoms with Crippen LogP contribution in [0.15, 0.2) is 71.8 Å². The lowest BCUT2D eigenvalue weighted by Crippen LogP contribution is -2.50. The highest BCUT2D eigenvalue weighted by Crippen LogP contribution is 2.42. The quantitative estimate of drug-likeness (QED) is 0.417. The fourth-order valence-corrected chi connectivity index (χ4v) is 4.97. The fraction of sp³-hybridized carbons (Fsp3) is 0.217. The van der Waals surface area contributed by atoms with Gasteiger partial charge in [0, 0.05) is 12.6 Å². The van der Waals surface area contributed by atoms with Crippen LogP contribution in [0.25, 0.3) is 0 Å². The third-order valence-electron chi connectivity index (χ3n) is 5.16. The fourth-order valence-electron chi connectivity index (χ4n) is 3.56. The first kappa shape index (κ1) is 29.6. The Labute approximate surface area is 216 Å². The SMILES string of the molecule is O=C(O)C(F)(F)F.O=S(=O)(N[C@]1(c2ccc(OC(F)(F)F)c(F)c2)CCOc2cccnc21)c1ccccc1. The minimum Gasteiger partial charge on any atom is -0.491 e. The van der Waals surface area contributed by atoms with Gasteiger partial charge in [-0.25, -0.2) is 17.6 Å². The topological polar surface area (TPSA) is 115 Å². The summed E-state index contributed by atoms with van der Waals surface area (Å²) in [5.74, 6) is -4.82. The monoisotopic (exact) mass is 582 g/mol. The predicted molar refractivity (Wildman–Crippen MR) is 119 cm³/mol. The van der Waals surface area contributed by atoms with Crippen LogP contribution < -0.4 is 14.2 Å². The summed E-state index contributed by atoms with van der Waals surface area (Å²) >= 11 is 0. The Morgan fingerprint density at radius 1 is 1.03 bits per heavy atom. The van der Waals surface area contributed by atoms with Crippen LogP contribution in [-0.2, 0) is 20.4 Å². The first-order valence-corrected chi connectivity index (χ1v) is 12.1. The molecule has 210 valence electrons. The minimum absolute atomic E-state index is 0.0159. The van der Waals surface area contributed by atoms with Gasteiger partial charge in [-0.3, -0.25) is 4.98 Å². The zero-order valence-electron chi connectivity index (χ0n) is 19.3. The normalized spacial score (nSPS) is 17.2. The van der Waals surface area contributed by atoms with E-state index in [0.29, 0.717) is 0 Å². The molecule has 0 radical (unpaired) electrons. The van der Waals surface area contributed by atoms with Crippen LogP contribution in [0.2, 0.25) is 0 Å². The standard InChI is InChI=1S/C21H16F4N2O4S.C2HF3O2/c22-16-13-14(8-9-17(16)31-21(23,24)25)20(10-12-30-18-7-4-11-26-19(18)20)27-32(28,29)15-5-2-1-3-6-15;3-2(4,5)1(6)7/h1-9,11,13,27H,10,12H2;(H,6,7)/t20-;/m0./s1. The van der Waals surface area contributed by atoms with Crippen molar-refractivity contribution >= 4 is 16.0 Å². The van der Waals surface area contributed by atoms with Gasteiger partial charge in [0.2, 0.25) is 10.0 Å². The number of carbonyl (C=O) groups is 1. The molecule has 0 spiro atoms. The molecule has 2 N–H and O–H groups in total. The van der Waals surface area contributed by atoms with Crippen molar-refractivity contribution in [3.8, 4) is 11.5 Å². The number of hydrogen-bond donors (Lipinski definition) is 2. The van der Waals surface area contributed by atoms with E-state index in [-0.39, 0.29) is 34.9 Å². The van der Waals surface area contributed by atoms with E-state index in [4.69, 9.17) is 14.6 Å². The highest BCUT2D eigenvalue weighted by atomic mass is 32.2. The van der Waals surface area contributed by atoms with E-state index in [0.717, 1.165) is 12.1 Å². The molecule has 0 unspecified atom stereocenters. The summed E-state index contributed by atoms with van der Waals surface area (Å²) in [4.78, 5) is 13.1. The third-order valence-corrected chi connectivity index (χ3v) is 6.67. The number of carboxylic acid groups (broad SMARTS) is 1. The number of rotatable bonds is 5. The summed E-state index contributed by atoms with van der Waals surface area (Å²) < 4.78 is 122. The number of halogens is 7. The molecule has 2 heterocycles. The molecule has 4 rings (SSSR count). The van der Waals surface area contributed by atoms with Gasteiger partial charge >= 0.3 is 18.5 Å². The lowest BCUT2D eigenvalue weighted by Gasteiger charge is -2.38. The van der Waals surface area contributed by atoms with Crippen molar-refractivity contribution in [3.05, 3.63) is 83.9 Å². The number of carboxylic acids is 1. The first-order valence-electron chi connectivity index (χ1n) is 10.6. The maximum atomic E-state index is 14.6. The molecule has 0 fully saturated rings. The number of sulfonamides is 1. The summed E-state index contributed by atoms with van der Waals surface area (Å²) in [7, 11) is -4.14. The molecular weight excluding hydrogens is 565 g/mol. The van der Waals surface area contributed by atoms with Crippen LogP contribution in [0.5, 0.6) is 11.5 Å². The molecule has 3 aromatic rings. The highest BCUT2D eigenvalue weighted by Gasteiger charge is 2.45. The Bertz CT molecular complexity index is 1430. The predicted octanol–water partition coefficient (Wildman–Crippen LogP) is 4.76. The van der Waals surface area contributed by atoms with Gasteiger partial charge in [0.05, 0.1) is 11.5 Å². The summed E-state index contributed by atoms with van der Waals surface area (Å²) in [6.45, 7) is 0.0540. The van der Waals surface area contributed by atoms with Crippen molar-refractivity contribution in [1.82, 2.24) is 9.71 Å². The third kappa shape index (κ3) is 7.14. The smallest absolute Gasteiger partial charge is 0.491 e. The van der Waals surface area contributed by atoms with Gasteiger partial charge in [0.15, 0.2) is 11.6 Å². The van der Waals surface area contributed by atoms with E-state index in [2.05, 4.69) is 14.4 Å². The molecule has 16 heteroatoms. The van der Waals surface area contributed by atoms with E-state index in [1.807, 2.05) is 0 Å². The molecule has 0 aliphatic carbocycles. The van der Waals surface area contributed by atoms with Gasteiger partial charge < -0.3 is 14.6 Å². The van der Waals surface area contributed by atoms with Gasteiger partial charge in [-0.1, -0.05) is 24.3 Å². The van der Waals surface area contributed by atoms with Crippen molar-refractivity contribution in [2.75, 3.05) is 6.61 Å². The first-order chi connectivity index (χ1) is 18.1. The maximum absolute atomic E-state index is 14.6. The van der Waals surface area contributed by atoms with Crippen LogP contribution in [0.4, 0.5) is 30.7 Å². The number of benzene rings is 2. The minimum atomic E-state index is -5.08. The Morgan fingerprint density at radius 2 is 1.67 bits per heavy atom. The van der Waals surface area contributed by atoms with Gasteiger partial charge in [0.1, 0.15) is 17.0 Å². The van der Waals surface area contributed by atoms with E-state index in [9.17, 15) is 39.2 Å². The number of aliphatic carboxylic acids is 1. The van der Waals surface area contributed by atoms with Crippen molar-refractivity contribution in [1.29, 1.82) is 0 Å². The van der Waals surface area contributed by atoms with Crippen LogP contribution in [0.1, 0.15) is 17.7 Å². The number of nitrogens with zero attached hydrogens (tertiary/aromatic N) is 1. The van der Waals surface area contributed by atoms with E-state index in [1.165, 1.54) is 24.4 Å². The van der Waals surface area contributed by atoms with Crippen LogP contribution in [0.3, 0.4) is 0 Å². The number of pyridine rings is 1. The van der Waals surface area contributed by atoms with Gasteiger partial charge in [-0.2, -0.15) is 17.9 Å². The van der Waals surface area contributed by atoms with Gasteiger partial charge in [-0.15, -0.1) is 13.2 Å². The average Bonchev–Trinajstić information content (AvgIpc) is 2.85. The Kier molecular flexibility index (Phi) is 8.40. The second-order valence-corrected chi connectivity index (χ2v) is 9.45. The number of alkyl halides is 6. The number of fused-ring (bicyclic) bond motifs is 1. The molecule has 1 atom stereocenters. The van der Waals surface area contributed by atoms with Gasteiger partial charge in [-0.05, 0) is 42.0 Å². The molecule has 1 aliphatic heterocycles. The van der Waals surface area contributed by atoms with E-state index in [1.54, 1.807) is 30.3 Å². The lowest BCUT2D eigenvalue weighted by molar-refractivity contribution is -0.275. The summed E-state index contributed by atoms with van der Waals surface area (Å²) in [6.07, 6.45) is -8.74. The largest absolute Gasteiger partial charge is 0.573 e. The van der Waals surface area contributed by atoms with Crippen LogP contribution in [-0.4, -0.2) is 43.6 Å². The van der Waals surface area contributed by atoms with E-state index >= 15 is 0 Å². The lowest BCUT2D eigenvalue weighted by atomic mass is 9.82. The maximum Gasteiger partial charge on any atom is 0.573 e.